The van der Waals surface area contributed by atoms with E-state index in [2.05, 4.69) is 23.5 Å². The van der Waals surface area contributed by atoms with E-state index in [1.807, 2.05) is 11.0 Å². The second-order valence-electron chi connectivity index (χ2n) is 10.9. The number of piperidine rings is 1. The summed E-state index contributed by atoms with van der Waals surface area (Å²) in [6.07, 6.45) is 9.66. The van der Waals surface area contributed by atoms with Gasteiger partial charge in [0.2, 0.25) is 11.8 Å². The summed E-state index contributed by atoms with van der Waals surface area (Å²) in [6.45, 7) is 2.07. The predicted octanol–water partition coefficient (Wildman–Crippen LogP) is 4.73. The summed E-state index contributed by atoms with van der Waals surface area (Å²) in [5.41, 5.74) is 0.966. The first-order valence-electron chi connectivity index (χ1n) is 12.5. The topological polar surface area (TPSA) is 62.3 Å². The van der Waals surface area contributed by atoms with E-state index in [0.29, 0.717) is 18.9 Å². The molecule has 1 saturated heterocycles. The maximum atomic E-state index is 13.1. The average molecular weight is 452 g/mol. The quantitative estimate of drug-likeness (QED) is 0.715. The molecule has 1 aliphatic heterocycles. The minimum absolute atomic E-state index is 0.118. The number of benzene rings is 1. The molecule has 2 aromatic rings. The molecule has 4 aliphatic carbocycles. The number of hydrogen-bond acceptors (Lipinski definition) is 4. The van der Waals surface area contributed by atoms with Crippen LogP contribution in [0.1, 0.15) is 68.7 Å². The third kappa shape index (κ3) is 3.74. The maximum absolute atomic E-state index is 13.1. The van der Waals surface area contributed by atoms with Crippen LogP contribution in [-0.2, 0) is 9.59 Å². The van der Waals surface area contributed by atoms with Crippen molar-refractivity contribution in [3.05, 3.63) is 29.3 Å². The number of nitrogens with one attached hydrogen (secondary N) is 1. The van der Waals surface area contributed by atoms with Gasteiger partial charge in [0.1, 0.15) is 0 Å². The highest BCUT2D eigenvalue weighted by atomic mass is 32.1. The molecular formula is C26H33N3O2S. The zero-order valence-corrected chi connectivity index (χ0v) is 19.5. The molecular weight excluding hydrogens is 418 g/mol. The number of hydrogen-bond donors (Lipinski definition) is 1. The fraction of sp³-hybridized carbons (Fsp3) is 0.654. The molecule has 0 atom stereocenters. The van der Waals surface area contributed by atoms with Gasteiger partial charge < -0.3 is 10.2 Å². The van der Waals surface area contributed by atoms with Crippen molar-refractivity contribution in [2.45, 2.75) is 63.7 Å². The second kappa shape index (κ2) is 8.12. The lowest BCUT2D eigenvalue weighted by atomic mass is 9.49. The summed E-state index contributed by atoms with van der Waals surface area (Å²) >= 11 is 1.79. The molecule has 0 spiro atoms. The largest absolute Gasteiger partial charge is 0.355 e. The van der Waals surface area contributed by atoms with Crippen molar-refractivity contribution in [2.24, 2.45) is 23.2 Å². The third-order valence-electron chi connectivity index (χ3n) is 8.65. The summed E-state index contributed by atoms with van der Waals surface area (Å²) in [5, 5.41) is 4.37. The van der Waals surface area contributed by atoms with Crippen molar-refractivity contribution in [1.82, 2.24) is 15.2 Å². The highest BCUT2D eigenvalue weighted by Gasteiger charge is 2.54. The van der Waals surface area contributed by atoms with Gasteiger partial charge in [-0.2, -0.15) is 0 Å². The molecule has 0 unspecified atom stereocenters. The normalized spacial score (nSPS) is 31.9. The molecule has 7 rings (SSSR count). The first kappa shape index (κ1) is 20.6. The molecule has 2 amide bonds. The van der Waals surface area contributed by atoms with Crippen LogP contribution >= 0.6 is 11.3 Å². The maximum Gasteiger partial charge on any atom is 0.226 e. The van der Waals surface area contributed by atoms with Crippen molar-refractivity contribution in [3.8, 4) is 0 Å². The van der Waals surface area contributed by atoms with Gasteiger partial charge >= 0.3 is 0 Å². The van der Waals surface area contributed by atoms with Crippen LogP contribution in [-0.4, -0.2) is 41.3 Å². The number of rotatable bonds is 5. The number of carbonyl (C=O) groups is 2. The van der Waals surface area contributed by atoms with E-state index in [-0.39, 0.29) is 17.2 Å². The van der Waals surface area contributed by atoms with Crippen LogP contribution in [0.2, 0.25) is 0 Å². The number of thiazole rings is 1. The first-order chi connectivity index (χ1) is 15.6. The molecule has 4 bridgehead atoms. The van der Waals surface area contributed by atoms with E-state index in [4.69, 9.17) is 4.98 Å². The molecule has 5 fully saturated rings. The van der Waals surface area contributed by atoms with Gasteiger partial charge in [0, 0.05) is 37.4 Å². The van der Waals surface area contributed by atoms with Crippen LogP contribution in [0.15, 0.2) is 24.3 Å². The lowest BCUT2D eigenvalue weighted by Crippen LogP contribution is -2.53. The highest BCUT2D eigenvalue weighted by molar-refractivity contribution is 7.18. The Bertz CT molecular complexity index is 955. The van der Waals surface area contributed by atoms with Gasteiger partial charge in [-0.25, -0.2) is 4.98 Å². The van der Waals surface area contributed by atoms with Gasteiger partial charge in [0.25, 0.3) is 0 Å². The standard InChI is InChI=1S/C26H33N3O2S/c30-23(5-8-27-25(31)26-14-17-11-18(15-26)13-19(12-17)16-26)29-9-6-20(7-10-29)24-28-21-3-1-2-4-22(21)32-24/h1-4,17-20H,5-16H2,(H,27,31). The number of fused-ring (bicyclic) bond motifs is 1. The van der Waals surface area contributed by atoms with Crippen molar-refractivity contribution in [2.75, 3.05) is 19.6 Å². The van der Waals surface area contributed by atoms with E-state index in [9.17, 15) is 9.59 Å². The summed E-state index contributed by atoms with van der Waals surface area (Å²) < 4.78 is 1.25. The number of likely N-dealkylation sites (tertiary alicyclic amines) is 1. The molecule has 5 aliphatic rings. The molecule has 1 aromatic heterocycles. The fourth-order valence-corrected chi connectivity index (χ4v) is 8.59. The Morgan fingerprint density at radius 1 is 1.03 bits per heavy atom. The summed E-state index contributed by atoms with van der Waals surface area (Å²) in [7, 11) is 0. The van der Waals surface area contributed by atoms with Crippen molar-refractivity contribution in [3.63, 3.8) is 0 Å². The van der Waals surface area contributed by atoms with E-state index < -0.39 is 0 Å². The number of carbonyl (C=O) groups excluding carboxylic acids is 2. The number of amides is 2. The van der Waals surface area contributed by atoms with Crippen molar-refractivity contribution in [1.29, 1.82) is 0 Å². The van der Waals surface area contributed by atoms with Gasteiger partial charge in [0.15, 0.2) is 0 Å². The summed E-state index contributed by atoms with van der Waals surface area (Å²) in [5.74, 6) is 3.17. The lowest BCUT2D eigenvalue weighted by molar-refractivity contribution is -0.146. The smallest absolute Gasteiger partial charge is 0.226 e. The molecule has 32 heavy (non-hydrogen) atoms. The molecule has 5 nitrogen and oxygen atoms in total. The first-order valence-corrected chi connectivity index (χ1v) is 13.3. The Balaban J connectivity index is 0.981. The van der Waals surface area contributed by atoms with Crippen LogP contribution in [0.25, 0.3) is 10.2 Å². The Labute approximate surface area is 194 Å². The van der Waals surface area contributed by atoms with Gasteiger partial charge in [-0.3, -0.25) is 9.59 Å². The predicted molar refractivity (Wildman–Crippen MR) is 126 cm³/mol. The summed E-state index contributed by atoms with van der Waals surface area (Å²) in [4.78, 5) is 32.7. The average Bonchev–Trinajstić information content (AvgIpc) is 3.22. The van der Waals surface area contributed by atoms with E-state index in [0.717, 1.165) is 68.5 Å². The van der Waals surface area contributed by atoms with Crippen molar-refractivity contribution >= 4 is 33.4 Å². The lowest BCUT2D eigenvalue weighted by Gasteiger charge is -2.55. The van der Waals surface area contributed by atoms with Gasteiger partial charge in [-0.15, -0.1) is 11.3 Å². The molecule has 170 valence electrons. The van der Waals surface area contributed by atoms with E-state index in [1.165, 1.54) is 29.0 Å². The number of para-hydroxylation sites is 1. The molecule has 4 saturated carbocycles. The van der Waals surface area contributed by atoms with Crippen LogP contribution in [0.5, 0.6) is 0 Å². The van der Waals surface area contributed by atoms with E-state index in [1.54, 1.807) is 11.3 Å². The van der Waals surface area contributed by atoms with Crippen LogP contribution < -0.4 is 5.32 Å². The zero-order chi connectivity index (χ0) is 21.7. The van der Waals surface area contributed by atoms with Gasteiger partial charge in [0.05, 0.1) is 15.2 Å². The Kier molecular flexibility index (Phi) is 5.24. The van der Waals surface area contributed by atoms with Crippen molar-refractivity contribution < 1.29 is 9.59 Å². The Morgan fingerprint density at radius 2 is 1.69 bits per heavy atom. The van der Waals surface area contributed by atoms with Gasteiger partial charge in [-0.1, -0.05) is 12.1 Å². The van der Waals surface area contributed by atoms with E-state index >= 15 is 0 Å². The Morgan fingerprint density at radius 3 is 2.34 bits per heavy atom. The van der Waals surface area contributed by atoms with Crippen LogP contribution in [0.3, 0.4) is 0 Å². The minimum Gasteiger partial charge on any atom is -0.355 e. The monoisotopic (exact) mass is 451 g/mol. The van der Waals surface area contributed by atoms with Gasteiger partial charge in [-0.05, 0) is 81.3 Å². The molecule has 2 heterocycles. The zero-order valence-electron chi connectivity index (χ0n) is 18.7. The molecule has 6 heteroatoms. The molecule has 1 aromatic carbocycles. The van der Waals surface area contributed by atoms with Crippen LogP contribution in [0.4, 0.5) is 0 Å². The molecule has 0 radical (unpaired) electrons. The SMILES string of the molecule is O=C(CCNC(=O)C12CC3CC(CC(C3)C1)C2)N1CCC(c2nc3ccccc3s2)CC1. The number of nitrogens with zero attached hydrogens (tertiary/aromatic N) is 2. The second-order valence-corrected chi connectivity index (χ2v) is 11.9. The molecule has 1 N–H and O–H groups in total. The third-order valence-corrected chi connectivity index (χ3v) is 9.85. The Hall–Kier alpha value is -1.95. The summed E-state index contributed by atoms with van der Waals surface area (Å²) in [6, 6.07) is 8.31. The number of aromatic nitrogens is 1. The minimum atomic E-state index is -0.118. The van der Waals surface area contributed by atoms with Crippen LogP contribution in [0, 0.1) is 23.2 Å². The highest BCUT2D eigenvalue weighted by Crippen LogP contribution is 2.60. The fourth-order valence-electron chi connectivity index (χ4n) is 7.46.